The fraction of sp³-hybridized carbons (Fsp3) is 0.424. The van der Waals surface area contributed by atoms with Crippen LogP contribution in [0.3, 0.4) is 0 Å². The Hall–Kier alpha value is -3.71. The second-order valence-corrected chi connectivity index (χ2v) is 11.8. The summed E-state index contributed by atoms with van der Waals surface area (Å²) in [5.74, 6) is 0.127. The van der Waals surface area contributed by atoms with E-state index in [0.717, 1.165) is 29.8 Å². The molecule has 3 rings (SSSR count). The second-order valence-electron chi connectivity index (χ2n) is 11.8. The van der Waals surface area contributed by atoms with Gasteiger partial charge < -0.3 is 21.3 Å². The lowest BCUT2D eigenvalue weighted by atomic mass is 10.0. The number of hydrogen-bond acceptors (Lipinski definition) is 5. The first-order chi connectivity index (χ1) is 19.1. The Balaban J connectivity index is 1.71. The van der Waals surface area contributed by atoms with Gasteiger partial charge in [-0.1, -0.05) is 62.4 Å². The number of nitrogens with zero attached hydrogens (tertiary/aromatic N) is 1. The molecule has 3 aromatic rings. The molecule has 0 aliphatic rings. The highest BCUT2D eigenvalue weighted by Crippen LogP contribution is 2.14. The minimum atomic E-state index is -0.710. The fourth-order valence-corrected chi connectivity index (χ4v) is 4.29. The van der Waals surface area contributed by atoms with E-state index < -0.39 is 17.6 Å². The topological polar surface area (TPSA) is 95.2 Å². The Labute approximate surface area is 239 Å². The Morgan fingerprint density at radius 2 is 1.48 bits per heavy atom. The Kier molecular flexibility index (Phi) is 11.7. The van der Waals surface area contributed by atoms with Crippen molar-refractivity contribution in [1.82, 2.24) is 20.9 Å². The van der Waals surface area contributed by atoms with Crippen molar-refractivity contribution in [2.45, 2.75) is 78.0 Å². The zero-order valence-electron chi connectivity index (χ0n) is 24.5. The summed E-state index contributed by atoms with van der Waals surface area (Å²) in [6.07, 6.45) is 5.34. The van der Waals surface area contributed by atoms with E-state index in [1.54, 1.807) is 12.4 Å². The number of carbonyl (C=O) groups excluding carboxylic acids is 2. The van der Waals surface area contributed by atoms with E-state index >= 15 is 0 Å². The van der Waals surface area contributed by atoms with Crippen LogP contribution in [0.2, 0.25) is 0 Å². The number of pyridine rings is 1. The molecule has 2 unspecified atom stereocenters. The lowest BCUT2D eigenvalue weighted by Gasteiger charge is -2.27. The minimum absolute atomic E-state index is 0.192. The maximum Gasteiger partial charge on any atom is 0.243 e. The molecule has 2 atom stereocenters. The van der Waals surface area contributed by atoms with E-state index in [0.29, 0.717) is 25.3 Å². The van der Waals surface area contributed by atoms with E-state index in [-0.39, 0.29) is 11.8 Å². The fourth-order valence-electron chi connectivity index (χ4n) is 4.29. The Morgan fingerprint density at radius 1 is 0.800 bits per heavy atom. The predicted octanol–water partition coefficient (Wildman–Crippen LogP) is 4.88. The van der Waals surface area contributed by atoms with Gasteiger partial charge in [0.15, 0.2) is 0 Å². The quantitative estimate of drug-likeness (QED) is 0.232. The van der Waals surface area contributed by atoms with Crippen LogP contribution in [0.15, 0.2) is 79.1 Å². The molecule has 7 nitrogen and oxygen atoms in total. The van der Waals surface area contributed by atoms with Crippen LogP contribution in [0.25, 0.3) is 0 Å². The first kappa shape index (κ1) is 30.8. The van der Waals surface area contributed by atoms with Gasteiger partial charge in [0.2, 0.25) is 11.8 Å². The molecule has 0 radical (unpaired) electrons. The monoisotopic (exact) mass is 543 g/mol. The third-order valence-corrected chi connectivity index (χ3v) is 6.46. The van der Waals surface area contributed by atoms with Gasteiger partial charge in [-0.2, -0.15) is 0 Å². The van der Waals surface area contributed by atoms with E-state index in [2.05, 4.69) is 52.2 Å². The summed E-state index contributed by atoms with van der Waals surface area (Å²) < 4.78 is 0. The molecule has 4 N–H and O–H groups in total. The highest BCUT2D eigenvalue weighted by molar-refractivity contribution is 5.90. The molecule has 0 aliphatic carbocycles. The third kappa shape index (κ3) is 11.2. The molecular weight excluding hydrogens is 498 g/mol. The van der Waals surface area contributed by atoms with Gasteiger partial charge >= 0.3 is 0 Å². The number of nitrogens with one attached hydrogen (secondary N) is 4. The highest BCUT2D eigenvalue weighted by Gasteiger charge is 2.28. The standard InChI is InChI=1S/C33H45N5O2/c1-24(2)17-19-35-29(21-27-12-9-18-34-22-27)31(39)37-30(32(40)38-33(3,4)5)20-25-13-15-28(16-14-25)36-23-26-10-7-6-8-11-26/h6-16,18,22,24,29-30,35-36H,17,19-21,23H2,1-5H3,(H,37,39)(H,38,40). The molecule has 1 aromatic heterocycles. The van der Waals surface area contributed by atoms with Crippen LogP contribution in [0.1, 0.15) is 57.7 Å². The van der Waals surface area contributed by atoms with Gasteiger partial charge in [0.25, 0.3) is 0 Å². The number of amides is 2. The van der Waals surface area contributed by atoms with Crippen LogP contribution < -0.4 is 21.3 Å². The van der Waals surface area contributed by atoms with Crippen LogP contribution in [-0.2, 0) is 29.0 Å². The van der Waals surface area contributed by atoms with Crippen LogP contribution in [0.5, 0.6) is 0 Å². The SMILES string of the molecule is CC(C)CCNC(Cc1cccnc1)C(=O)NC(Cc1ccc(NCc2ccccc2)cc1)C(=O)NC(C)(C)C. The highest BCUT2D eigenvalue weighted by atomic mass is 16.2. The maximum absolute atomic E-state index is 13.6. The molecule has 0 fully saturated rings. The number of aromatic nitrogens is 1. The van der Waals surface area contributed by atoms with Crippen molar-refractivity contribution in [3.05, 3.63) is 95.8 Å². The smallest absolute Gasteiger partial charge is 0.243 e. The van der Waals surface area contributed by atoms with Crippen LogP contribution in [0.4, 0.5) is 5.69 Å². The molecule has 7 heteroatoms. The van der Waals surface area contributed by atoms with Gasteiger partial charge in [0, 0.05) is 36.6 Å². The third-order valence-electron chi connectivity index (χ3n) is 6.46. The zero-order valence-corrected chi connectivity index (χ0v) is 24.5. The summed E-state index contributed by atoms with van der Waals surface area (Å²) in [6.45, 7) is 11.6. The number of anilines is 1. The Bertz CT molecular complexity index is 1170. The van der Waals surface area contributed by atoms with Crippen molar-refractivity contribution < 1.29 is 9.59 Å². The summed E-state index contributed by atoms with van der Waals surface area (Å²) in [5.41, 5.74) is 3.72. The van der Waals surface area contributed by atoms with Crippen LogP contribution >= 0.6 is 0 Å². The molecular formula is C33H45N5O2. The van der Waals surface area contributed by atoms with Crippen LogP contribution in [-0.4, -0.2) is 41.0 Å². The van der Waals surface area contributed by atoms with Crippen molar-refractivity contribution in [3.63, 3.8) is 0 Å². The zero-order chi connectivity index (χ0) is 29.0. The second kappa shape index (κ2) is 15.2. The number of benzene rings is 2. The van der Waals surface area contributed by atoms with Crippen LogP contribution in [0, 0.1) is 5.92 Å². The minimum Gasteiger partial charge on any atom is -0.381 e. The number of rotatable bonds is 14. The van der Waals surface area contributed by atoms with Crippen molar-refractivity contribution in [2.75, 3.05) is 11.9 Å². The number of carbonyl (C=O) groups is 2. The summed E-state index contributed by atoms with van der Waals surface area (Å²) in [7, 11) is 0. The van der Waals surface area contributed by atoms with Crippen molar-refractivity contribution in [1.29, 1.82) is 0 Å². The van der Waals surface area contributed by atoms with Crippen molar-refractivity contribution in [2.24, 2.45) is 5.92 Å². The summed E-state index contributed by atoms with van der Waals surface area (Å²) >= 11 is 0. The first-order valence-corrected chi connectivity index (χ1v) is 14.2. The van der Waals surface area contributed by atoms with Gasteiger partial charge in [0.05, 0.1) is 6.04 Å². The summed E-state index contributed by atoms with van der Waals surface area (Å²) in [4.78, 5) is 31.1. The molecule has 0 bridgehead atoms. The van der Waals surface area contributed by atoms with E-state index in [9.17, 15) is 9.59 Å². The van der Waals surface area contributed by atoms with E-state index in [4.69, 9.17) is 0 Å². The molecule has 0 saturated heterocycles. The molecule has 40 heavy (non-hydrogen) atoms. The summed E-state index contributed by atoms with van der Waals surface area (Å²) in [6, 6.07) is 20.9. The predicted molar refractivity (Wildman–Crippen MR) is 163 cm³/mol. The van der Waals surface area contributed by atoms with Gasteiger partial charge in [-0.15, -0.1) is 0 Å². The average molecular weight is 544 g/mol. The van der Waals surface area contributed by atoms with E-state index in [1.807, 2.05) is 75.4 Å². The molecule has 2 amide bonds. The Morgan fingerprint density at radius 3 is 2.10 bits per heavy atom. The lowest BCUT2D eigenvalue weighted by Crippen LogP contribution is -2.56. The molecule has 1 heterocycles. The van der Waals surface area contributed by atoms with Crippen molar-refractivity contribution in [3.8, 4) is 0 Å². The summed E-state index contributed by atoms with van der Waals surface area (Å²) in [5, 5.41) is 12.9. The van der Waals surface area contributed by atoms with Gasteiger partial charge in [-0.3, -0.25) is 14.6 Å². The van der Waals surface area contributed by atoms with Crippen molar-refractivity contribution >= 4 is 17.5 Å². The molecule has 0 spiro atoms. The van der Waals surface area contributed by atoms with E-state index in [1.165, 1.54) is 5.56 Å². The molecule has 214 valence electrons. The first-order valence-electron chi connectivity index (χ1n) is 14.2. The maximum atomic E-state index is 13.6. The normalized spacial score (nSPS) is 12.9. The van der Waals surface area contributed by atoms with Gasteiger partial charge in [0.1, 0.15) is 6.04 Å². The molecule has 0 saturated carbocycles. The number of hydrogen-bond donors (Lipinski definition) is 4. The lowest BCUT2D eigenvalue weighted by molar-refractivity contribution is -0.130. The largest absolute Gasteiger partial charge is 0.381 e. The van der Waals surface area contributed by atoms with Gasteiger partial charge in [-0.25, -0.2) is 0 Å². The molecule has 0 aliphatic heterocycles. The molecule has 2 aromatic carbocycles. The average Bonchev–Trinajstić information content (AvgIpc) is 2.91. The van der Waals surface area contributed by atoms with Gasteiger partial charge in [-0.05, 0) is 81.0 Å².